The molecule has 1 aliphatic carbocycles. The highest BCUT2D eigenvalue weighted by Gasteiger charge is 2.44. The number of hydrogen-bond donors (Lipinski definition) is 0. The van der Waals surface area contributed by atoms with Crippen LogP contribution >= 0.6 is 0 Å². The monoisotopic (exact) mass is 459 g/mol. The molecule has 32 heavy (non-hydrogen) atoms. The first kappa shape index (κ1) is 24.5. The minimum Gasteiger partial charge on any atom is -0.494 e. The molecule has 0 N–H and O–H groups in total. The summed E-state index contributed by atoms with van der Waals surface area (Å²) in [6.07, 6.45) is 4.68. The summed E-state index contributed by atoms with van der Waals surface area (Å²) in [4.78, 5) is 15.5. The molecule has 5 nitrogen and oxygen atoms in total. The number of esters is 1. The fourth-order valence-corrected chi connectivity index (χ4v) is 6.23. The largest absolute Gasteiger partial charge is 0.494 e. The Morgan fingerprint density at radius 3 is 1.75 bits per heavy atom. The Morgan fingerprint density at radius 1 is 0.875 bits per heavy atom. The van der Waals surface area contributed by atoms with Crippen LogP contribution in [0.4, 0.5) is 0 Å². The molecule has 0 bridgehead atoms. The van der Waals surface area contributed by atoms with E-state index < -0.39 is 16.7 Å². The molecule has 0 amide bonds. The van der Waals surface area contributed by atoms with Crippen LogP contribution in [0.3, 0.4) is 0 Å². The lowest BCUT2D eigenvalue weighted by molar-refractivity contribution is -0.232. The van der Waals surface area contributed by atoms with Crippen LogP contribution in [0.5, 0.6) is 11.5 Å². The molecule has 0 heterocycles. The minimum atomic E-state index is -0.795. The van der Waals surface area contributed by atoms with E-state index in [1.807, 2.05) is 69.3 Å². The van der Waals surface area contributed by atoms with Gasteiger partial charge in [-0.1, -0.05) is 6.42 Å². The Kier molecular flexibility index (Phi) is 8.88. The third-order valence-electron chi connectivity index (χ3n) is 5.74. The topological polar surface area (TPSA) is 54.0 Å². The van der Waals surface area contributed by atoms with Gasteiger partial charge in [0, 0.05) is 20.0 Å². The molecule has 2 aromatic rings. The van der Waals surface area contributed by atoms with E-state index in [2.05, 4.69) is 0 Å². The van der Waals surface area contributed by atoms with Gasteiger partial charge in [0.2, 0.25) is 11.0 Å². The van der Waals surface area contributed by atoms with Crippen LogP contribution < -0.4 is 9.47 Å². The van der Waals surface area contributed by atoms with E-state index in [1.54, 1.807) is 7.11 Å². The molecular formula is C26H35O5S+. The van der Waals surface area contributed by atoms with E-state index in [4.69, 9.17) is 18.9 Å². The van der Waals surface area contributed by atoms with Crippen molar-refractivity contribution in [2.24, 2.45) is 0 Å². The van der Waals surface area contributed by atoms with Crippen LogP contribution in [0.25, 0.3) is 0 Å². The van der Waals surface area contributed by atoms with Crippen LogP contribution in [0.1, 0.15) is 52.9 Å². The third-order valence-corrected chi connectivity index (χ3v) is 8.20. The minimum absolute atomic E-state index is 0.222. The van der Waals surface area contributed by atoms with Crippen LogP contribution in [-0.2, 0) is 25.2 Å². The van der Waals surface area contributed by atoms with Gasteiger partial charge in [-0.15, -0.1) is 0 Å². The van der Waals surface area contributed by atoms with Gasteiger partial charge in [-0.05, 0) is 82.1 Å². The highest BCUT2D eigenvalue weighted by molar-refractivity contribution is 7.98. The lowest BCUT2D eigenvalue weighted by atomic mass is 9.94. The molecule has 0 saturated heterocycles. The van der Waals surface area contributed by atoms with Gasteiger partial charge in [-0.2, -0.15) is 0 Å². The summed E-state index contributed by atoms with van der Waals surface area (Å²) < 4.78 is 22.9. The normalized spacial score (nSPS) is 16.4. The zero-order chi connectivity index (χ0) is 23.0. The van der Waals surface area contributed by atoms with Gasteiger partial charge in [-0.3, -0.25) is 0 Å². The van der Waals surface area contributed by atoms with E-state index in [0.29, 0.717) is 13.2 Å². The Hall–Kier alpha value is -2.18. The summed E-state index contributed by atoms with van der Waals surface area (Å²) in [6.45, 7) is 7.11. The van der Waals surface area contributed by atoms with E-state index in [-0.39, 0.29) is 11.2 Å². The molecule has 1 atom stereocenters. The molecule has 0 spiro atoms. The zero-order valence-corrected chi connectivity index (χ0v) is 20.4. The van der Waals surface area contributed by atoms with Crippen LogP contribution in [0.15, 0.2) is 58.3 Å². The first-order chi connectivity index (χ1) is 15.5. The predicted molar refractivity (Wildman–Crippen MR) is 127 cm³/mol. The predicted octanol–water partition coefficient (Wildman–Crippen LogP) is 5.76. The van der Waals surface area contributed by atoms with Crippen molar-refractivity contribution in [3.05, 3.63) is 48.5 Å². The average molecular weight is 460 g/mol. The standard InChI is InChI=1S/C26H35O5S/c1-5-29-21-10-14-23(15-11-21)32(24-16-12-22(13-17-24)30-6-2)20(3)25(27)31-26(28-4)18-8-7-9-19-26/h10-17,20H,5-9,18-19H2,1-4H3/q+1. The first-order valence-electron chi connectivity index (χ1n) is 11.5. The lowest BCUT2D eigenvalue weighted by Crippen LogP contribution is -2.43. The van der Waals surface area contributed by atoms with Crippen LogP contribution in [-0.4, -0.2) is 37.3 Å². The summed E-state index contributed by atoms with van der Waals surface area (Å²) in [5, 5.41) is -0.361. The second-order valence-electron chi connectivity index (χ2n) is 7.89. The summed E-state index contributed by atoms with van der Waals surface area (Å²) in [7, 11) is 1.12. The van der Waals surface area contributed by atoms with Crippen molar-refractivity contribution >= 4 is 16.9 Å². The van der Waals surface area contributed by atoms with Gasteiger partial charge < -0.3 is 18.9 Å². The maximum atomic E-state index is 13.4. The second-order valence-corrected chi connectivity index (χ2v) is 10.2. The van der Waals surface area contributed by atoms with Crippen LogP contribution in [0.2, 0.25) is 0 Å². The van der Waals surface area contributed by atoms with E-state index in [9.17, 15) is 4.79 Å². The maximum absolute atomic E-state index is 13.4. The Balaban J connectivity index is 1.89. The average Bonchev–Trinajstić information content (AvgIpc) is 2.82. The summed E-state index contributed by atoms with van der Waals surface area (Å²) in [5.74, 6) is 0.625. The smallest absolute Gasteiger partial charge is 0.362 e. The molecule has 1 aliphatic rings. The highest BCUT2D eigenvalue weighted by atomic mass is 32.2. The SMILES string of the molecule is CCOc1ccc([S+](c2ccc(OCC)cc2)C(C)C(=O)OC2(OC)CCCCC2)cc1. The molecular weight excluding hydrogens is 424 g/mol. The third kappa shape index (κ3) is 5.99. The van der Waals surface area contributed by atoms with Gasteiger partial charge in [-0.25, -0.2) is 4.79 Å². The number of carbonyl (C=O) groups excluding carboxylic acids is 1. The molecule has 2 aromatic carbocycles. The fraction of sp³-hybridized carbons (Fsp3) is 0.500. The van der Waals surface area contributed by atoms with Crippen molar-refractivity contribution in [3.8, 4) is 11.5 Å². The molecule has 0 aliphatic heterocycles. The number of methoxy groups -OCH3 is 1. The van der Waals surface area contributed by atoms with Crippen molar-refractivity contribution < 1.29 is 23.7 Å². The van der Waals surface area contributed by atoms with E-state index >= 15 is 0 Å². The number of rotatable bonds is 10. The van der Waals surface area contributed by atoms with E-state index in [0.717, 1.165) is 53.4 Å². The second kappa shape index (κ2) is 11.6. The Bertz CT molecular complexity index is 794. The number of benzene rings is 2. The first-order valence-corrected chi connectivity index (χ1v) is 12.8. The number of ether oxygens (including phenoxy) is 4. The highest BCUT2D eigenvalue weighted by Crippen LogP contribution is 2.35. The van der Waals surface area contributed by atoms with E-state index in [1.165, 1.54) is 0 Å². The number of hydrogen-bond acceptors (Lipinski definition) is 5. The van der Waals surface area contributed by atoms with Gasteiger partial charge in [0.15, 0.2) is 9.79 Å². The summed E-state index contributed by atoms with van der Waals surface area (Å²) >= 11 is 0. The molecule has 1 saturated carbocycles. The van der Waals surface area contributed by atoms with Gasteiger partial charge in [0.1, 0.15) is 11.5 Å². The van der Waals surface area contributed by atoms with Crippen LogP contribution in [0, 0.1) is 0 Å². The van der Waals surface area contributed by atoms with Gasteiger partial charge in [0.05, 0.1) is 24.1 Å². The van der Waals surface area contributed by atoms with Crippen molar-refractivity contribution in [2.45, 2.75) is 73.7 Å². The molecule has 0 aromatic heterocycles. The van der Waals surface area contributed by atoms with Crippen molar-refractivity contribution in [3.63, 3.8) is 0 Å². The quantitative estimate of drug-likeness (QED) is 0.257. The van der Waals surface area contributed by atoms with Crippen molar-refractivity contribution in [1.82, 2.24) is 0 Å². The molecule has 174 valence electrons. The van der Waals surface area contributed by atoms with Crippen molar-refractivity contribution in [1.29, 1.82) is 0 Å². The van der Waals surface area contributed by atoms with Gasteiger partial charge >= 0.3 is 5.97 Å². The molecule has 1 unspecified atom stereocenters. The fourth-order valence-electron chi connectivity index (χ4n) is 4.04. The molecule has 3 rings (SSSR count). The molecule has 0 radical (unpaired) electrons. The summed E-state index contributed by atoms with van der Waals surface area (Å²) in [5.41, 5.74) is 0. The zero-order valence-electron chi connectivity index (χ0n) is 19.6. The lowest BCUT2D eigenvalue weighted by Gasteiger charge is -2.35. The van der Waals surface area contributed by atoms with Crippen molar-refractivity contribution in [2.75, 3.05) is 20.3 Å². The Labute approximate surface area is 194 Å². The number of carbonyl (C=O) groups is 1. The van der Waals surface area contributed by atoms with Gasteiger partial charge in [0.25, 0.3) is 0 Å². The Morgan fingerprint density at radius 2 is 1.34 bits per heavy atom. The molecule has 6 heteroatoms. The molecule has 1 fully saturated rings. The maximum Gasteiger partial charge on any atom is 0.362 e. The summed E-state index contributed by atoms with van der Waals surface area (Å²) in [6, 6.07) is 16.0.